The molecule has 0 fully saturated rings. The fourth-order valence-electron chi connectivity index (χ4n) is 0.687. The Morgan fingerprint density at radius 1 is 1.54 bits per heavy atom. The molecule has 0 aromatic carbocycles. The highest BCUT2D eigenvalue weighted by Gasteiger charge is 1.98. The average molecular weight is 197 g/mol. The van der Waals surface area contributed by atoms with Gasteiger partial charge in [0.25, 0.3) is 0 Å². The molecule has 68 valence electrons. The van der Waals surface area contributed by atoms with Gasteiger partial charge in [-0.15, -0.1) is 0 Å². The smallest absolute Gasteiger partial charge is 0.221 e. The number of hydrogen-bond acceptors (Lipinski definition) is 4. The van der Waals surface area contributed by atoms with Crippen LogP contribution in [0.2, 0.25) is 5.15 Å². The van der Waals surface area contributed by atoms with Crippen LogP contribution in [0.4, 0.5) is 5.95 Å². The van der Waals surface area contributed by atoms with Gasteiger partial charge in [0.05, 0.1) is 5.56 Å². The molecule has 1 aromatic heterocycles. The second-order valence-electron chi connectivity index (χ2n) is 2.27. The molecule has 0 aliphatic rings. The third-order valence-electron chi connectivity index (χ3n) is 1.25. The maximum atomic E-state index is 5.74. The Morgan fingerprint density at radius 2 is 2.31 bits per heavy atom. The molecule has 0 aliphatic carbocycles. The zero-order chi connectivity index (χ0) is 9.68. The van der Waals surface area contributed by atoms with Crippen molar-refractivity contribution in [1.82, 2.24) is 9.97 Å². The first-order valence-corrected chi connectivity index (χ1v) is 4.09. The van der Waals surface area contributed by atoms with Crippen LogP contribution in [0.15, 0.2) is 6.20 Å². The molecule has 0 amide bonds. The van der Waals surface area contributed by atoms with Gasteiger partial charge < -0.3 is 11.5 Å². The van der Waals surface area contributed by atoms with E-state index < -0.39 is 0 Å². The number of anilines is 1. The van der Waals surface area contributed by atoms with Gasteiger partial charge in [0, 0.05) is 19.2 Å². The molecule has 4 nitrogen and oxygen atoms in total. The Morgan fingerprint density at radius 3 is 2.92 bits per heavy atom. The standard InChI is InChI=1S/C8H9ClN4/c9-7-6(3-1-2-4-10)5-12-8(11)13-7/h5H,2,4,10H2,(H2,11,12,13). The monoisotopic (exact) mass is 196 g/mol. The summed E-state index contributed by atoms with van der Waals surface area (Å²) in [5.74, 6) is 5.78. The van der Waals surface area contributed by atoms with Crippen LogP contribution in [0.25, 0.3) is 0 Å². The minimum absolute atomic E-state index is 0.148. The lowest BCUT2D eigenvalue weighted by Crippen LogP contribution is -1.97. The van der Waals surface area contributed by atoms with Crippen molar-refractivity contribution < 1.29 is 0 Å². The zero-order valence-electron chi connectivity index (χ0n) is 6.92. The van der Waals surface area contributed by atoms with E-state index in [2.05, 4.69) is 21.8 Å². The van der Waals surface area contributed by atoms with Gasteiger partial charge in [-0.25, -0.2) is 4.98 Å². The van der Waals surface area contributed by atoms with E-state index in [0.29, 0.717) is 18.5 Å². The molecule has 0 saturated heterocycles. The second kappa shape index (κ2) is 4.65. The van der Waals surface area contributed by atoms with Crippen LogP contribution in [0, 0.1) is 11.8 Å². The largest absolute Gasteiger partial charge is 0.368 e. The van der Waals surface area contributed by atoms with Crippen molar-refractivity contribution in [2.45, 2.75) is 6.42 Å². The number of halogens is 1. The van der Waals surface area contributed by atoms with Crippen molar-refractivity contribution in [3.63, 3.8) is 0 Å². The molecule has 1 aromatic rings. The first-order valence-electron chi connectivity index (χ1n) is 3.71. The SMILES string of the molecule is NCCC#Cc1cnc(N)nc1Cl. The summed E-state index contributed by atoms with van der Waals surface area (Å²) in [6, 6.07) is 0. The molecule has 0 spiro atoms. The van der Waals surface area contributed by atoms with Crippen molar-refractivity contribution in [2.24, 2.45) is 5.73 Å². The number of nitrogen functional groups attached to an aromatic ring is 1. The van der Waals surface area contributed by atoms with Crippen LogP contribution >= 0.6 is 11.6 Å². The fraction of sp³-hybridized carbons (Fsp3) is 0.250. The van der Waals surface area contributed by atoms with E-state index >= 15 is 0 Å². The first-order chi connectivity index (χ1) is 6.24. The van der Waals surface area contributed by atoms with E-state index in [1.54, 1.807) is 0 Å². The Bertz CT molecular complexity index is 353. The van der Waals surface area contributed by atoms with Gasteiger partial charge in [-0.05, 0) is 0 Å². The van der Waals surface area contributed by atoms with Crippen molar-refractivity contribution in [3.8, 4) is 11.8 Å². The lowest BCUT2D eigenvalue weighted by atomic mass is 10.3. The molecular formula is C8H9ClN4. The minimum Gasteiger partial charge on any atom is -0.368 e. The lowest BCUT2D eigenvalue weighted by molar-refractivity contribution is 1.03. The second-order valence-corrected chi connectivity index (χ2v) is 2.63. The van der Waals surface area contributed by atoms with Crippen molar-refractivity contribution in [1.29, 1.82) is 0 Å². The van der Waals surface area contributed by atoms with Crippen LogP contribution in [0.3, 0.4) is 0 Å². The van der Waals surface area contributed by atoms with Crippen molar-refractivity contribution in [3.05, 3.63) is 16.9 Å². The van der Waals surface area contributed by atoms with Crippen LogP contribution in [0.1, 0.15) is 12.0 Å². The van der Waals surface area contributed by atoms with E-state index in [-0.39, 0.29) is 11.1 Å². The number of aromatic nitrogens is 2. The predicted molar refractivity (Wildman–Crippen MR) is 52.0 cm³/mol. The zero-order valence-corrected chi connectivity index (χ0v) is 7.67. The number of nitrogens with two attached hydrogens (primary N) is 2. The molecule has 0 bridgehead atoms. The molecule has 5 heteroatoms. The van der Waals surface area contributed by atoms with Crippen LogP contribution in [-0.2, 0) is 0 Å². The molecule has 4 N–H and O–H groups in total. The van der Waals surface area contributed by atoms with E-state index in [9.17, 15) is 0 Å². The summed E-state index contributed by atoms with van der Waals surface area (Å²) in [6.45, 7) is 0.528. The summed E-state index contributed by atoms with van der Waals surface area (Å²) in [5, 5.41) is 0.275. The van der Waals surface area contributed by atoms with Gasteiger partial charge >= 0.3 is 0 Å². The van der Waals surface area contributed by atoms with E-state index in [1.165, 1.54) is 6.20 Å². The Balaban J connectivity index is 2.85. The Labute approximate surface area is 81.3 Å². The maximum absolute atomic E-state index is 5.74. The van der Waals surface area contributed by atoms with Gasteiger partial charge in [0.1, 0.15) is 5.15 Å². The summed E-state index contributed by atoms with van der Waals surface area (Å²) < 4.78 is 0. The summed E-state index contributed by atoms with van der Waals surface area (Å²) in [4.78, 5) is 7.52. The summed E-state index contributed by atoms with van der Waals surface area (Å²) >= 11 is 5.74. The molecule has 0 unspecified atom stereocenters. The van der Waals surface area contributed by atoms with E-state index in [4.69, 9.17) is 23.1 Å². The first kappa shape index (κ1) is 9.78. The summed E-state index contributed by atoms with van der Waals surface area (Å²) in [7, 11) is 0. The maximum Gasteiger partial charge on any atom is 0.221 e. The quantitative estimate of drug-likeness (QED) is 0.504. The lowest BCUT2D eigenvalue weighted by Gasteiger charge is -1.94. The van der Waals surface area contributed by atoms with Crippen LogP contribution < -0.4 is 11.5 Å². The van der Waals surface area contributed by atoms with Gasteiger partial charge in [0.2, 0.25) is 5.95 Å². The van der Waals surface area contributed by atoms with E-state index in [0.717, 1.165) is 0 Å². The highest BCUT2D eigenvalue weighted by Crippen LogP contribution is 2.10. The molecule has 1 heterocycles. The molecular weight excluding hydrogens is 188 g/mol. The molecule has 0 saturated carbocycles. The molecule has 13 heavy (non-hydrogen) atoms. The third-order valence-corrected chi connectivity index (χ3v) is 1.54. The van der Waals surface area contributed by atoms with E-state index in [1.807, 2.05) is 0 Å². The number of nitrogens with zero attached hydrogens (tertiary/aromatic N) is 2. The van der Waals surface area contributed by atoms with Crippen LogP contribution in [-0.4, -0.2) is 16.5 Å². The van der Waals surface area contributed by atoms with Crippen molar-refractivity contribution in [2.75, 3.05) is 12.3 Å². The molecule has 1 rings (SSSR count). The highest BCUT2D eigenvalue weighted by atomic mass is 35.5. The topological polar surface area (TPSA) is 77.8 Å². The van der Waals surface area contributed by atoms with Gasteiger partial charge in [0.15, 0.2) is 0 Å². The Kier molecular flexibility index (Phi) is 3.50. The van der Waals surface area contributed by atoms with Gasteiger partial charge in [-0.3, -0.25) is 0 Å². The number of rotatable bonds is 1. The molecule has 0 aliphatic heterocycles. The van der Waals surface area contributed by atoms with Gasteiger partial charge in [-0.1, -0.05) is 23.4 Å². The third kappa shape index (κ3) is 2.90. The average Bonchev–Trinajstić information content (AvgIpc) is 2.09. The highest BCUT2D eigenvalue weighted by molar-refractivity contribution is 6.30. The number of hydrogen-bond donors (Lipinski definition) is 2. The Hall–Kier alpha value is -1.31. The van der Waals surface area contributed by atoms with Gasteiger partial charge in [-0.2, -0.15) is 4.98 Å². The van der Waals surface area contributed by atoms with Crippen LogP contribution in [0.5, 0.6) is 0 Å². The summed E-state index contributed by atoms with van der Waals surface area (Å²) in [5.41, 5.74) is 11.1. The normalized spacial score (nSPS) is 9.08. The summed E-state index contributed by atoms with van der Waals surface area (Å²) in [6.07, 6.45) is 2.12. The fourth-order valence-corrected chi connectivity index (χ4v) is 0.870. The molecule has 0 atom stereocenters. The molecule has 0 radical (unpaired) electrons. The van der Waals surface area contributed by atoms with Crippen molar-refractivity contribution >= 4 is 17.5 Å². The predicted octanol–water partition coefficient (Wildman–Crippen LogP) is 0.413. The minimum atomic E-state index is 0.148.